The fraction of sp³-hybridized carbons (Fsp3) is 0.542. The molecule has 1 aliphatic rings. The minimum Gasteiger partial charge on any atom is -0.369 e. The van der Waals surface area contributed by atoms with E-state index in [-0.39, 0.29) is 17.7 Å². The molecule has 13 heteroatoms. The number of nitrogens with one attached hydrogen (secondary N) is 3. The van der Waals surface area contributed by atoms with Crippen molar-refractivity contribution in [1.82, 2.24) is 14.7 Å². The number of rotatable bonds is 8. The van der Waals surface area contributed by atoms with Crippen LogP contribution in [-0.2, 0) is 17.4 Å². The van der Waals surface area contributed by atoms with E-state index in [1.54, 1.807) is 12.1 Å². The van der Waals surface area contributed by atoms with Gasteiger partial charge >= 0.3 is 6.18 Å². The zero-order chi connectivity index (χ0) is 27.1. The molecule has 204 valence electrons. The standard InChI is InChI=1S/C24H33F3N6O3S/c1-23(33-37(35)36)12-4-2-3-6-16(7-5-13-23)14-29-21-19(24(25,26)27)15-30-22(32-21)31-18-10-8-17(9-11-18)20(28)34/h8-11,15-16,33H,2-7,12-14H2,1H3,(H2,28,34)(H,35,36)(H2,29,30,31,32). The molecule has 2 aromatic rings. The first-order chi connectivity index (χ1) is 17.4. The topological polar surface area (TPSA) is 142 Å². The second-order valence-corrected chi connectivity index (χ2v) is 10.4. The van der Waals surface area contributed by atoms with Crippen LogP contribution in [0.3, 0.4) is 0 Å². The van der Waals surface area contributed by atoms with Crippen molar-refractivity contribution in [3.05, 3.63) is 41.6 Å². The van der Waals surface area contributed by atoms with Crippen LogP contribution in [0.2, 0.25) is 0 Å². The van der Waals surface area contributed by atoms with Gasteiger partial charge in [0.05, 0.1) is 0 Å². The maximum absolute atomic E-state index is 13.7. The molecule has 1 saturated carbocycles. The lowest BCUT2D eigenvalue weighted by Gasteiger charge is -2.31. The molecule has 37 heavy (non-hydrogen) atoms. The molecule has 1 aromatic carbocycles. The SMILES string of the molecule is CC1(NS(=O)O)CCCCCC(CNc2nc(Nc3ccc(C(N)=O)cc3)ncc2C(F)(F)F)CCC1. The number of alkyl halides is 3. The fourth-order valence-corrected chi connectivity index (χ4v) is 5.19. The first kappa shape index (κ1) is 28.8. The lowest BCUT2D eigenvalue weighted by molar-refractivity contribution is -0.137. The Morgan fingerprint density at radius 1 is 1.16 bits per heavy atom. The number of nitrogens with two attached hydrogens (primary N) is 1. The number of hydrogen-bond donors (Lipinski definition) is 5. The highest BCUT2D eigenvalue weighted by Crippen LogP contribution is 2.35. The van der Waals surface area contributed by atoms with Crippen LogP contribution in [-0.4, -0.2) is 36.7 Å². The fourth-order valence-electron chi connectivity index (χ4n) is 4.56. The largest absolute Gasteiger partial charge is 0.421 e. The molecule has 3 rings (SSSR count). The Balaban J connectivity index is 1.70. The number of primary amides is 1. The molecule has 0 bridgehead atoms. The smallest absolute Gasteiger partial charge is 0.369 e. The van der Waals surface area contributed by atoms with Crippen LogP contribution in [0.1, 0.15) is 74.2 Å². The second-order valence-electron chi connectivity index (χ2n) is 9.67. The van der Waals surface area contributed by atoms with Crippen molar-refractivity contribution in [3.8, 4) is 0 Å². The predicted molar refractivity (Wildman–Crippen MR) is 137 cm³/mol. The van der Waals surface area contributed by atoms with Crippen LogP contribution in [0.15, 0.2) is 30.5 Å². The van der Waals surface area contributed by atoms with Gasteiger partial charge < -0.3 is 16.4 Å². The van der Waals surface area contributed by atoms with E-state index in [4.69, 9.17) is 5.73 Å². The number of amides is 1. The van der Waals surface area contributed by atoms with Gasteiger partial charge in [-0.3, -0.25) is 9.35 Å². The molecular weight excluding hydrogens is 509 g/mol. The summed E-state index contributed by atoms with van der Waals surface area (Å²) < 4.78 is 64.3. The third kappa shape index (κ3) is 8.93. The first-order valence-electron chi connectivity index (χ1n) is 12.2. The van der Waals surface area contributed by atoms with Crippen LogP contribution in [0.5, 0.6) is 0 Å². The Hall–Kier alpha value is -2.77. The second kappa shape index (κ2) is 12.7. The van der Waals surface area contributed by atoms with Gasteiger partial charge in [0.25, 0.3) is 0 Å². The summed E-state index contributed by atoms with van der Waals surface area (Å²) in [6.45, 7) is 2.24. The van der Waals surface area contributed by atoms with E-state index in [9.17, 15) is 26.7 Å². The molecule has 1 fully saturated rings. The first-order valence-corrected chi connectivity index (χ1v) is 13.3. The summed E-state index contributed by atoms with van der Waals surface area (Å²) in [5.74, 6) is -0.797. The average Bonchev–Trinajstić information content (AvgIpc) is 2.81. The molecule has 0 saturated heterocycles. The van der Waals surface area contributed by atoms with Gasteiger partial charge in [0.15, 0.2) is 0 Å². The quantitative estimate of drug-likeness (QED) is 0.296. The number of hydrogen-bond acceptors (Lipinski definition) is 6. The number of anilines is 3. The van der Waals surface area contributed by atoms with Gasteiger partial charge in [-0.2, -0.15) is 18.2 Å². The maximum Gasteiger partial charge on any atom is 0.421 e. The van der Waals surface area contributed by atoms with Gasteiger partial charge in [0.1, 0.15) is 11.4 Å². The van der Waals surface area contributed by atoms with Gasteiger partial charge in [-0.05, 0) is 62.8 Å². The third-order valence-electron chi connectivity index (χ3n) is 6.59. The van der Waals surface area contributed by atoms with Crippen molar-refractivity contribution in [2.45, 2.75) is 70.0 Å². The van der Waals surface area contributed by atoms with Crippen molar-refractivity contribution in [1.29, 1.82) is 0 Å². The molecule has 1 aromatic heterocycles. The van der Waals surface area contributed by atoms with Crippen LogP contribution in [0, 0.1) is 5.92 Å². The summed E-state index contributed by atoms with van der Waals surface area (Å²) >= 11 is -2.10. The lowest BCUT2D eigenvalue weighted by atomic mass is 9.84. The summed E-state index contributed by atoms with van der Waals surface area (Å²) in [6.07, 6.45) is 2.78. The zero-order valence-corrected chi connectivity index (χ0v) is 21.4. The molecule has 0 aliphatic heterocycles. The van der Waals surface area contributed by atoms with E-state index < -0.39 is 34.5 Å². The van der Waals surface area contributed by atoms with E-state index in [2.05, 4.69) is 25.3 Å². The number of carbonyl (C=O) groups excluding carboxylic acids is 1. The highest BCUT2D eigenvalue weighted by molar-refractivity contribution is 7.77. The third-order valence-corrected chi connectivity index (χ3v) is 7.26. The van der Waals surface area contributed by atoms with E-state index >= 15 is 0 Å². The number of nitrogens with zero attached hydrogens (tertiary/aromatic N) is 2. The Morgan fingerprint density at radius 2 is 1.84 bits per heavy atom. The van der Waals surface area contributed by atoms with Crippen molar-refractivity contribution in [2.75, 3.05) is 17.2 Å². The van der Waals surface area contributed by atoms with Gasteiger partial charge in [-0.25, -0.2) is 13.9 Å². The Morgan fingerprint density at radius 3 is 2.49 bits per heavy atom. The van der Waals surface area contributed by atoms with E-state index in [1.165, 1.54) is 12.1 Å². The molecule has 1 aliphatic carbocycles. The van der Waals surface area contributed by atoms with Gasteiger partial charge in [0.2, 0.25) is 23.1 Å². The van der Waals surface area contributed by atoms with Crippen molar-refractivity contribution >= 4 is 34.6 Å². The lowest BCUT2D eigenvalue weighted by Crippen LogP contribution is -2.43. The Kier molecular flexibility index (Phi) is 9.85. The number of carbonyl (C=O) groups is 1. The molecule has 0 spiro atoms. The van der Waals surface area contributed by atoms with E-state index in [0.29, 0.717) is 24.2 Å². The molecule has 0 radical (unpaired) electrons. The maximum atomic E-state index is 13.7. The Labute approximate surface area is 216 Å². The monoisotopic (exact) mass is 542 g/mol. The molecular formula is C24H33F3N6O3S. The zero-order valence-electron chi connectivity index (χ0n) is 20.6. The molecule has 6 N–H and O–H groups in total. The predicted octanol–water partition coefficient (Wildman–Crippen LogP) is 4.99. The van der Waals surface area contributed by atoms with Crippen molar-refractivity contribution in [3.63, 3.8) is 0 Å². The van der Waals surface area contributed by atoms with Gasteiger partial charge in [-0.15, -0.1) is 0 Å². The number of benzene rings is 1. The minimum absolute atomic E-state index is 0.0212. The highest BCUT2D eigenvalue weighted by Gasteiger charge is 2.35. The minimum atomic E-state index is -4.63. The molecule has 3 unspecified atom stereocenters. The van der Waals surface area contributed by atoms with Gasteiger partial charge in [-0.1, -0.05) is 25.7 Å². The van der Waals surface area contributed by atoms with Crippen molar-refractivity contribution in [2.24, 2.45) is 11.7 Å². The van der Waals surface area contributed by atoms with Crippen LogP contribution >= 0.6 is 0 Å². The summed E-state index contributed by atoms with van der Waals surface area (Å²) in [5.41, 5.74) is 4.61. The summed E-state index contributed by atoms with van der Waals surface area (Å²) in [5, 5.41) is 5.75. The number of halogens is 3. The molecule has 9 nitrogen and oxygen atoms in total. The number of aromatic nitrogens is 2. The van der Waals surface area contributed by atoms with E-state index in [1.807, 2.05) is 6.92 Å². The molecule has 3 atom stereocenters. The van der Waals surface area contributed by atoms with E-state index in [0.717, 1.165) is 51.1 Å². The average molecular weight is 543 g/mol. The van der Waals surface area contributed by atoms with Crippen LogP contribution < -0.4 is 21.1 Å². The Bertz CT molecular complexity index is 1090. The summed E-state index contributed by atoms with van der Waals surface area (Å²) in [6, 6.07) is 6.10. The molecule has 1 amide bonds. The molecule has 1 heterocycles. The van der Waals surface area contributed by atoms with Crippen LogP contribution in [0.4, 0.5) is 30.6 Å². The summed E-state index contributed by atoms with van der Waals surface area (Å²) in [4.78, 5) is 19.1. The van der Waals surface area contributed by atoms with Crippen molar-refractivity contribution < 1.29 is 26.7 Å². The van der Waals surface area contributed by atoms with Gasteiger partial charge in [0, 0.05) is 29.5 Å². The normalized spacial score (nSPS) is 22.1. The van der Waals surface area contributed by atoms with Crippen LogP contribution in [0.25, 0.3) is 0 Å². The highest BCUT2D eigenvalue weighted by atomic mass is 32.2. The summed E-state index contributed by atoms with van der Waals surface area (Å²) in [7, 11) is 0.